The SMILES string of the molecule is CCc1ccc(F)c([C@H]2CCCN2S(=O)C(C)(C)C)c1. The van der Waals surface area contributed by atoms with Crippen molar-refractivity contribution in [1.82, 2.24) is 4.31 Å². The first-order valence-corrected chi connectivity index (χ1v) is 8.42. The highest BCUT2D eigenvalue weighted by Crippen LogP contribution is 2.37. The van der Waals surface area contributed by atoms with E-state index < -0.39 is 11.0 Å². The van der Waals surface area contributed by atoms with Crippen molar-refractivity contribution in [3.63, 3.8) is 0 Å². The zero-order valence-electron chi connectivity index (χ0n) is 12.8. The van der Waals surface area contributed by atoms with E-state index in [1.165, 1.54) is 0 Å². The summed E-state index contributed by atoms with van der Waals surface area (Å²) in [5.74, 6) is -0.176. The Bertz CT molecular complexity index is 510. The summed E-state index contributed by atoms with van der Waals surface area (Å²) in [5, 5.41) is 0. The molecular formula is C16H24FNOS. The maximum Gasteiger partial charge on any atom is 0.128 e. The molecule has 0 N–H and O–H groups in total. The maximum absolute atomic E-state index is 14.2. The van der Waals surface area contributed by atoms with Crippen molar-refractivity contribution in [2.45, 2.75) is 57.7 Å². The van der Waals surface area contributed by atoms with E-state index in [2.05, 4.69) is 6.92 Å². The highest BCUT2D eigenvalue weighted by atomic mass is 32.2. The molecule has 1 aliphatic heterocycles. The Balaban J connectivity index is 2.34. The molecular weight excluding hydrogens is 273 g/mol. The fourth-order valence-corrected chi connectivity index (χ4v) is 4.12. The molecule has 0 amide bonds. The first kappa shape index (κ1) is 15.6. The molecule has 1 fully saturated rings. The van der Waals surface area contributed by atoms with Gasteiger partial charge in [0.05, 0.1) is 10.8 Å². The Morgan fingerprint density at radius 2 is 2.10 bits per heavy atom. The van der Waals surface area contributed by atoms with Crippen LogP contribution in [0, 0.1) is 5.82 Å². The number of aryl methyl sites for hydroxylation is 1. The van der Waals surface area contributed by atoms with E-state index in [0.717, 1.165) is 31.4 Å². The normalized spacial score (nSPS) is 22.1. The standard InChI is InChI=1S/C16H24FNOS/c1-5-12-8-9-14(17)13(11-12)15-7-6-10-18(15)20(19)16(2,3)4/h8-9,11,15H,5-7,10H2,1-4H3/t15-,20?/m1/s1. The van der Waals surface area contributed by atoms with Crippen LogP contribution in [0.1, 0.15) is 57.7 Å². The predicted molar refractivity (Wildman–Crippen MR) is 82.4 cm³/mol. The molecule has 1 unspecified atom stereocenters. The summed E-state index contributed by atoms with van der Waals surface area (Å²) < 4.78 is 28.5. The van der Waals surface area contributed by atoms with Crippen molar-refractivity contribution in [1.29, 1.82) is 0 Å². The number of halogens is 1. The lowest BCUT2D eigenvalue weighted by Gasteiger charge is -2.30. The van der Waals surface area contributed by atoms with Gasteiger partial charge >= 0.3 is 0 Å². The summed E-state index contributed by atoms with van der Waals surface area (Å²) in [4.78, 5) is 0. The van der Waals surface area contributed by atoms with E-state index >= 15 is 0 Å². The second kappa shape index (κ2) is 5.94. The summed E-state index contributed by atoms with van der Waals surface area (Å²) in [6, 6.07) is 5.27. The Hall–Kier alpha value is -0.740. The number of rotatable bonds is 3. The van der Waals surface area contributed by atoms with Crippen LogP contribution in [0.4, 0.5) is 4.39 Å². The molecule has 1 aliphatic rings. The third kappa shape index (κ3) is 3.12. The molecule has 1 aromatic carbocycles. The molecule has 2 atom stereocenters. The minimum Gasteiger partial charge on any atom is -0.242 e. The molecule has 2 nitrogen and oxygen atoms in total. The number of benzene rings is 1. The van der Waals surface area contributed by atoms with Gasteiger partial charge in [-0.25, -0.2) is 12.9 Å². The first-order valence-electron chi connectivity index (χ1n) is 7.31. The van der Waals surface area contributed by atoms with Gasteiger partial charge in [-0.2, -0.15) is 0 Å². The van der Waals surface area contributed by atoms with Gasteiger partial charge in [-0.3, -0.25) is 0 Å². The highest BCUT2D eigenvalue weighted by Gasteiger charge is 2.36. The zero-order valence-corrected chi connectivity index (χ0v) is 13.6. The number of hydrogen-bond acceptors (Lipinski definition) is 1. The summed E-state index contributed by atoms with van der Waals surface area (Å²) >= 11 is 0. The van der Waals surface area contributed by atoms with Crippen LogP contribution in [0.25, 0.3) is 0 Å². The van der Waals surface area contributed by atoms with E-state index in [9.17, 15) is 8.60 Å². The lowest BCUT2D eigenvalue weighted by Crippen LogP contribution is -2.37. The van der Waals surface area contributed by atoms with Crippen LogP contribution in [0.2, 0.25) is 0 Å². The minimum absolute atomic E-state index is 0.0541. The van der Waals surface area contributed by atoms with Crippen LogP contribution in [0.3, 0.4) is 0 Å². The molecule has 0 spiro atoms. The second-order valence-corrected chi connectivity index (χ2v) is 8.56. The van der Waals surface area contributed by atoms with Gasteiger partial charge in [-0.15, -0.1) is 0 Å². The average Bonchev–Trinajstić information content (AvgIpc) is 2.86. The summed E-state index contributed by atoms with van der Waals surface area (Å²) in [5.41, 5.74) is 1.84. The molecule has 0 aliphatic carbocycles. The van der Waals surface area contributed by atoms with Crippen molar-refractivity contribution in [2.24, 2.45) is 0 Å². The van der Waals surface area contributed by atoms with Gasteiger partial charge in [0.2, 0.25) is 0 Å². The molecule has 1 heterocycles. The third-order valence-corrected chi connectivity index (χ3v) is 5.68. The molecule has 112 valence electrons. The van der Waals surface area contributed by atoms with Crippen molar-refractivity contribution < 1.29 is 8.60 Å². The molecule has 0 aromatic heterocycles. The van der Waals surface area contributed by atoms with Crippen LogP contribution in [0.5, 0.6) is 0 Å². The number of hydrogen-bond donors (Lipinski definition) is 0. The van der Waals surface area contributed by atoms with Crippen LogP contribution >= 0.6 is 0 Å². The van der Waals surface area contributed by atoms with E-state index in [4.69, 9.17) is 0 Å². The van der Waals surface area contributed by atoms with Crippen LogP contribution in [-0.4, -0.2) is 19.8 Å². The van der Waals surface area contributed by atoms with E-state index in [1.54, 1.807) is 6.07 Å². The summed E-state index contributed by atoms with van der Waals surface area (Å²) in [7, 11) is -1.09. The molecule has 0 saturated carbocycles. The van der Waals surface area contributed by atoms with E-state index in [-0.39, 0.29) is 16.6 Å². The highest BCUT2D eigenvalue weighted by molar-refractivity contribution is 7.84. The first-order chi connectivity index (χ1) is 9.34. The fourth-order valence-electron chi connectivity index (χ4n) is 2.67. The number of nitrogens with zero attached hydrogens (tertiary/aromatic N) is 1. The topological polar surface area (TPSA) is 20.3 Å². The van der Waals surface area contributed by atoms with Gasteiger partial charge in [0.25, 0.3) is 0 Å². The summed E-state index contributed by atoms with van der Waals surface area (Å²) in [6.45, 7) is 8.76. The monoisotopic (exact) mass is 297 g/mol. The van der Waals surface area contributed by atoms with Gasteiger partial charge in [-0.05, 0) is 51.7 Å². The van der Waals surface area contributed by atoms with Gasteiger partial charge in [-0.1, -0.05) is 19.1 Å². The van der Waals surface area contributed by atoms with Crippen molar-refractivity contribution in [3.05, 3.63) is 35.1 Å². The maximum atomic E-state index is 14.2. The molecule has 0 radical (unpaired) electrons. The van der Waals surface area contributed by atoms with Crippen LogP contribution in [0.15, 0.2) is 18.2 Å². The molecule has 4 heteroatoms. The molecule has 0 bridgehead atoms. The Kier molecular flexibility index (Phi) is 4.65. The minimum atomic E-state index is -1.09. The van der Waals surface area contributed by atoms with Gasteiger partial charge in [0.1, 0.15) is 16.8 Å². The Morgan fingerprint density at radius 3 is 2.70 bits per heavy atom. The molecule has 1 aromatic rings. The largest absolute Gasteiger partial charge is 0.242 e. The molecule has 20 heavy (non-hydrogen) atoms. The smallest absolute Gasteiger partial charge is 0.128 e. The van der Waals surface area contributed by atoms with Gasteiger partial charge in [0, 0.05) is 12.1 Å². The molecule has 2 rings (SSSR count). The van der Waals surface area contributed by atoms with E-state index in [1.807, 2.05) is 37.2 Å². The second-order valence-electron chi connectivity index (χ2n) is 6.37. The average molecular weight is 297 g/mol. The molecule has 1 saturated heterocycles. The van der Waals surface area contributed by atoms with Crippen LogP contribution in [-0.2, 0) is 17.4 Å². The van der Waals surface area contributed by atoms with Crippen molar-refractivity contribution in [2.75, 3.05) is 6.54 Å². The van der Waals surface area contributed by atoms with E-state index in [0.29, 0.717) is 5.56 Å². The lowest BCUT2D eigenvalue weighted by molar-refractivity contribution is 0.402. The van der Waals surface area contributed by atoms with Crippen molar-refractivity contribution in [3.8, 4) is 0 Å². The van der Waals surface area contributed by atoms with Gasteiger partial charge < -0.3 is 0 Å². The Morgan fingerprint density at radius 1 is 1.40 bits per heavy atom. The fraction of sp³-hybridized carbons (Fsp3) is 0.625. The Labute approximate surface area is 124 Å². The quantitative estimate of drug-likeness (QED) is 0.826. The predicted octanol–water partition coefficient (Wildman–Crippen LogP) is 3.99. The summed E-state index contributed by atoms with van der Waals surface area (Å²) in [6.07, 6.45) is 2.75. The van der Waals surface area contributed by atoms with Crippen LogP contribution < -0.4 is 0 Å². The lowest BCUT2D eigenvalue weighted by atomic mass is 10.0. The zero-order chi connectivity index (χ0) is 14.9. The van der Waals surface area contributed by atoms with Crippen molar-refractivity contribution >= 4 is 11.0 Å². The van der Waals surface area contributed by atoms with Gasteiger partial charge in [0.15, 0.2) is 0 Å². The third-order valence-electron chi connectivity index (χ3n) is 3.77.